The predicted octanol–water partition coefficient (Wildman–Crippen LogP) is 1.08. The number of benzene rings is 1. The van der Waals surface area contributed by atoms with Crippen molar-refractivity contribution in [3.8, 4) is 0 Å². The maximum atomic E-state index is 13.6. The van der Waals surface area contributed by atoms with E-state index in [1.807, 2.05) is 0 Å². The normalized spacial score (nSPS) is 19.9. The molecule has 1 saturated heterocycles. The Kier molecular flexibility index (Phi) is 5.09. The van der Waals surface area contributed by atoms with E-state index in [4.69, 9.17) is 0 Å². The van der Waals surface area contributed by atoms with Gasteiger partial charge in [-0.25, -0.2) is 4.39 Å². The lowest BCUT2D eigenvalue weighted by Gasteiger charge is -2.34. The van der Waals surface area contributed by atoms with E-state index in [9.17, 15) is 9.18 Å². The SMILES string of the molecule is CC1CNCCN1CC(=O)N(C)Cc1ccccc1F. The molecule has 2 rings (SSSR count). The number of carbonyl (C=O) groups is 1. The average molecular weight is 279 g/mol. The van der Waals surface area contributed by atoms with Crippen molar-refractivity contribution in [2.75, 3.05) is 33.2 Å². The highest BCUT2D eigenvalue weighted by atomic mass is 19.1. The molecule has 1 atom stereocenters. The summed E-state index contributed by atoms with van der Waals surface area (Å²) in [7, 11) is 1.72. The highest BCUT2D eigenvalue weighted by Crippen LogP contribution is 2.10. The smallest absolute Gasteiger partial charge is 0.236 e. The van der Waals surface area contributed by atoms with E-state index in [1.165, 1.54) is 6.07 Å². The van der Waals surface area contributed by atoms with Crippen LogP contribution >= 0.6 is 0 Å². The van der Waals surface area contributed by atoms with Gasteiger partial charge in [-0.3, -0.25) is 9.69 Å². The van der Waals surface area contributed by atoms with Crippen LogP contribution in [0.2, 0.25) is 0 Å². The van der Waals surface area contributed by atoms with E-state index in [0.717, 1.165) is 19.6 Å². The third kappa shape index (κ3) is 3.77. The Bertz CT molecular complexity index is 466. The van der Waals surface area contributed by atoms with Gasteiger partial charge in [0.1, 0.15) is 5.82 Å². The molecule has 1 amide bonds. The summed E-state index contributed by atoms with van der Waals surface area (Å²) in [6, 6.07) is 6.94. The maximum Gasteiger partial charge on any atom is 0.236 e. The molecule has 1 aliphatic heterocycles. The Morgan fingerprint density at radius 2 is 2.25 bits per heavy atom. The lowest BCUT2D eigenvalue weighted by molar-refractivity contribution is -0.132. The van der Waals surface area contributed by atoms with Gasteiger partial charge in [0.15, 0.2) is 0 Å². The predicted molar refractivity (Wildman–Crippen MR) is 76.8 cm³/mol. The number of halogens is 1. The summed E-state index contributed by atoms with van der Waals surface area (Å²) < 4.78 is 13.6. The molecule has 1 aromatic carbocycles. The van der Waals surface area contributed by atoms with Gasteiger partial charge in [0.05, 0.1) is 6.54 Å². The molecule has 1 aromatic rings. The molecule has 1 aliphatic rings. The van der Waals surface area contributed by atoms with Crippen LogP contribution in [0.25, 0.3) is 0 Å². The summed E-state index contributed by atoms with van der Waals surface area (Å²) in [5.74, 6) is -0.232. The molecule has 1 heterocycles. The van der Waals surface area contributed by atoms with E-state index in [2.05, 4.69) is 17.1 Å². The molecular formula is C15H22FN3O. The fraction of sp³-hybridized carbons (Fsp3) is 0.533. The molecule has 0 aromatic heterocycles. The molecule has 4 nitrogen and oxygen atoms in total. The van der Waals surface area contributed by atoms with Crippen molar-refractivity contribution in [2.24, 2.45) is 0 Å². The fourth-order valence-electron chi connectivity index (χ4n) is 2.38. The lowest BCUT2D eigenvalue weighted by Crippen LogP contribution is -2.52. The first kappa shape index (κ1) is 14.9. The van der Waals surface area contributed by atoms with Gasteiger partial charge < -0.3 is 10.2 Å². The van der Waals surface area contributed by atoms with Crippen LogP contribution in [0.15, 0.2) is 24.3 Å². The number of piperazine rings is 1. The zero-order valence-electron chi connectivity index (χ0n) is 12.1. The summed E-state index contributed by atoms with van der Waals surface area (Å²) in [5.41, 5.74) is 0.553. The minimum Gasteiger partial charge on any atom is -0.340 e. The number of hydrogen-bond acceptors (Lipinski definition) is 3. The van der Waals surface area contributed by atoms with Gasteiger partial charge in [-0.1, -0.05) is 18.2 Å². The topological polar surface area (TPSA) is 35.6 Å². The van der Waals surface area contributed by atoms with Crippen molar-refractivity contribution in [3.05, 3.63) is 35.6 Å². The fourth-order valence-corrected chi connectivity index (χ4v) is 2.38. The number of rotatable bonds is 4. The lowest BCUT2D eigenvalue weighted by atomic mass is 10.2. The highest BCUT2D eigenvalue weighted by Gasteiger charge is 2.22. The Labute approximate surface area is 119 Å². The zero-order chi connectivity index (χ0) is 14.5. The summed E-state index contributed by atoms with van der Waals surface area (Å²) in [5, 5.41) is 3.30. The van der Waals surface area contributed by atoms with Crippen molar-refractivity contribution >= 4 is 5.91 Å². The molecule has 5 heteroatoms. The van der Waals surface area contributed by atoms with E-state index >= 15 is 0 Å². The Balaban J connectivity index is 1.90. The number of carbonyl (C=O) groups excluding carboxylic acids is 1. The summed E-state index contributed by atoms with van der Waals surface area (Å²) in [6.45, 7) is 5.51. The van der Waals surface area contributed by atoms with E-state index in [-0.39, 0.29) is 11.7 Å². The first-order valence-corrected chi connectivity index (χ1v) is 7.00. The number of hydrogen-bond donors (Lipinski definition) is 1. The Hall–Kier alpha value is -1.46. The Morgan fingerprint density at radius 1 is 1.50 bits per heavy atom. The molecule has 110 valence electrons. The van der Waals surface area contributed by atoms with Crippen molar-refractivity contribution in [1.82, 2.24) is 15.1 Å². The molecule has 20 heavy (non-hydrogen) atoms. The monoisotopic (exact) mass is 279 g/mol. The van der Waals surface area contributed by atoms with Gasteiger partial charge in [-0.05, 0) is 13.0 Å². The van der Waals surface area contributed by atoms with Crippen molar-refractivity contribution < 1.29 is 9.18 Å². The first-order valence-electron chi connectivity index (χ1n) is 7.00. The van der Waals surface area contributed by atoms with Crippen LogP contribution < -0.4 is 5.32 Å². The number of nitrogens with zero attached hydrogens (tertiary/aromatic N) is 2. The van der Waals surface area contributed by atoms with Crippen molar-refractivity contribution in [3.63, 3.8) is 0 Å². The number of likely N-dealkylation sites (N-methyl/N-ethyl adjacent to an activating group) is 1. The van der Waals surface area contributed by atoms with E-state index in [0.29, 0.717) is 24.7 Å². The molecule has 0 radical (unpaired) electrons. The van der Waals surface area contributed by atoms with Gasteiger partial charge in [0, 0.05) is 44.8 Å². The van der Waals surface area contributed by atoms with Crippen LogP contribution in [-0.4, -0.2) is 55.0 Å². The number of amides is 1. The second kappa shape index (κ2) is 6.81. The zero-order valence-corrected chi connectivity index (χ0v) is 12.1. The molecule has 1 N–H and O–H groups in total. The molecule has 1 unspecified atom stereocenters. The van der Waals surface area contributed by atoms with Crippen LogP contribution in [0.5, 0.6) is 0 Å². The van der Waals surface area contributed by atoms with Crippen LogP contribution in [0.1, 0.15) is 12.5 Å². The largest absolute Gasteiger partial charge is 0.340 e. The molecule has 0 spiro atoms. The van der Waals surface area contributed by atoms with Gasteiger partial charge in [0.2, 0.25) is 5.91 Å². The molecule has 0 aliphatic carbocycles. The molecule has 0 saturated carbocycles. The average Bonchev–Trinajstić information content (AvgIpc) is 2.43. The second-order valence-electron chi connectivity index (χ2n) is 5.36. The Morgan fingerprint density at radius 3 is 2.95 bits per heavy atom. The van der Waals surface area contributed by atoms with Gasteiger partial charge in [-0.2, -0.15) is 0 Å². The maximum absolute atomic E-state index is 13.6. The molecule has 0 bridgehead atoms. The molecular weight excluding hydrogens is 257 g/mol. The minimum absolute atomic E-state index is 0.0296. The van der Waals surface area contributed by atoms with Gasteiger partial charge >= 0.3 is 0 Å². The summed E-state index contributed by atoms with van der Waals surface area (Å²) in [6.07, 6.45) is 0. The summed E-state index contributed by atoms with van der Waals surface area (Å²) >= 11 is 0. The second-order valence-corrected chi connectivity index (χ2v) is 5.36. The van der Waals surface area contributed by atoms with Crippen LogP contribution in [0, 0.1) is 5.82 Å². The van der Waals surface area contributed by atoms with Gasteiger partial charge in [-0.15, -0.1) is 0 Å². The third-order valence-electron chi connectivity index (χ3n) is 3.77. The van der Waals surface area contributed by atoms with Crippen molar-refractivity contribution in [2.45, 2.75) is 19.5 Å². The van der Waals surface area contributed by atoms with Crippen LogP contribution in [0.4, 0.5) is 4.39 Å². The van der Waals surface area contributed by atoms with E-state index in [1.54, 1.807) is 30.1 Å². The van der Waals surface area contributed by atoms with Crippen LogP contribution in [0.3, 0.4) is 0 Å². The standard InChI is InChI=1S/C15H22FN3O/c1-12-9-17-7-8-19(12)11-15(20)18(2)10-13-5-3-4-6-14(13)16/h3-6,12,17H,7-11H2,1-2H3. The summed E-state index contributed by atoms with van der Waals surface area (Å²) in [4.78, 5) is 16.0. The minimum atomic E-state index is -0.261. The highest BCUT2D eigenvalue weighted by molar-refractivity contribution is 5.78. The molecule has 1 fully saturated rings. The third-order valence-corrected chi connectivity index (χ3v) is 3.77. The first-order chi connectivity index (χ1) is 9.58. The number of nitrogens with one attached hydrogen (secondary N) is 1. The van der Waals surface area contributed by atoms with Gasteiger partial charge in [0.25, 0.3) is 0 Å². The van der Waals surface area contributed by atoms with Crippen LogP contribution in [-0.2, 0) is 11.3 Å². The van der Waals surface area contributed by atoms with E-state index < -0.39 is 0 Å². The quantitative estimate of drug-likeness (QED) is 0.896. The van der Waals surface area contributed by atoms with Crippen molar-refractivity contribution in [1.29, 1.82) is 0 Å².